The molecule has 0 unspecified atom stereocenters. The molecule has 1 aliphatic rings. The Labute approximate surface area is 149 Å². The second-order valence-corrected chi connectivity index (χ2v) is 7.07. The normalized spacial score (nSPS) is 16.3. The van der Waals surface area contributed by atoms with E-state index >= 15 is 0 Å². The number of pyridine rings is 1. The quantitative estimate of drug-likeness (QED) is 0.837. The van der Waals surface area contributed by atoms with Crippen LogP contribution < -0.4 is 5.32 Å². The van der Waals surface area contributed by atoms with Crippen molar-refractivity contribution in [1.82, 2.24) is 10.3 Å². The lowest BCUT2D eigenvalue weighted by atomic mass is 9.96. The van der Waals surface area contributed by atoms with Crippen molar-refractivity contribution in [2.45, 2.75) is 45.8 Å². The van der Waals surface area contributed by atoms with Gasteiger partial charge < -0.3 is 10.1 Å². The van der Waals surface area contributed by atoms with Crippen LogP contribution in [0.25, 0.3) is 0 Å². The zero-order valence-corrected chi connectivity index (χ0v) is 15.2. The maximum absolute atomic E-state index is 12.6. The monoisotopic (exact) mass is 338 g/mol. The third-order valence-electron chi connectivity index (χ3n) is 4.53. The first kappa shape index (κ1) is 17.6. The molecule has 1 fully saturated rings. The second kappa shape index (κ2) is 7.79. The first-order valence-electron chi connectivity index (χ1n) is 8.93. The Hall–Kier alpha value is -2.20. The summed E-state index contributed by atoms with van der Waals surface area (Å²) in [5.74, 6) is 0.553. The molecule has 0 radical (unpaired) electrons. The van der Waals surface area contributed by atoms with E-state index < -0.39 is 6.10 Å². The predicted molar refractivity (Wildman–Crippen MR) is 98.3 cm³/mol. The summed E-state index contributed by atoms with van der Waals surface area (Å²) < 4.78 is 5.72. The van der Waals surface area contributed by atoms with Gasteiger partial charge in [0.2, 0.25) is 5.91 Å². The molecule has 1 aromatic heterocycles. The van der Waals surface area contributed by atoms with Gasteiger partial charge in [-0.15, -0.1) is 0 Å². The molecule has 2 atom stereocenters. The molecule has 0 bridgehead atoms. The molecule has 1 N–H and O–H groups in total. The van der Waals surface area contributed by atoms with E-state index in [1.54, 1.807) is 12.4 Å². The number of carbonyl (C=O) groups excluding carboxylic acids is 1. The highest BCUT2D eigenvalue weighted by atomic mass is 16.5. The molecule has 2 aromatic rings. The molecule has 1 aliphatic carbocycles. The van der Waals surface area contributed by atoms with Crippen molar-refractivity contribution in [3.05, 3.63) is 65.0 Å². The molecule has 25 heavy (non-hydrogen) atoms. The summed E-state index contributed by atoms with van der Waals surface area (Å²) in [6.45, 7) is 6.63. The summed E-state index contributed by atoms with van der Waals surface area (Å²) in [6.07, 6.45) is 5.53. The zero-order valence-electron chi connectivity index (χ0n) is 15.2. The van der Waals surface area contributed by atoms with Gasteiger partial charge in [0.15, 0.2) is 0 Å². The minimum absolute atomic E-state index is 0.0892. The van der Waals surface area contributed by atoms with Gasteiger partial charge in [0.25, 0.3) is 0 Å². The van der Waals surface area contributed by atoms with Crippen LogP contribution in [0.3, 0.4) is 0 Å². The number of aromatic nitrogens is 1. The first-order valence-corrected chi connectivity index (χ1v) is 8.93. The number of nitrogens with one attached hydrogen (secondary N) is 1. The lowest BCUT2D eigenvalue weighted by Crippen LogP contribution is -2.38. The van der Waals surface area contributed by atoms with Crippen molar-refractivity contribution in [3.63, 3.8) is 0 Å². The Morgan fingerprint density at radius 3 is 2.56 bits per heavy atom. The highest BCUT2D eigenvalue weighted by Crippen LogP contribution is 2.29. The van der Waals surface area contributed by atoms with Gasteiger partial charge in [-0.05, 0) is 56.7 Å². The molecule has 3 rings (SSSR count). The van der Waals surface area contributed by atoms with Crippen LogP contribution in [0.1, 0.15) is 48.1 Å². The van der Waals surface area contributed by atoms with E-state index in [9.17, 15) is 4.79 Å². The number of carbonyl (C=O) groups is 1. The number of hydrogen-bond donors (Lipinski definition) is 1. The average molecular weight is 338 g/mol. The minimum Gasteiger partial charge on any atom is -0.368 e. The first-order chi connectivity index (χ1) is 12.0. The molecular weight excluding hydrogens is 312 g/mol. The Morgan fingerprint density at radius 1 is 1.24 bits per heavy atom. The SMILES string of the molecule is Cc1cc(C)cc([C@H](NC(=O)[C@@H](C)OCC2CC2)c2cccnc2)c1. The number of amides is 1. The third-order valence-corrected chi connectivity index (χ3v) is 4.53. The summed E-state index contributed by atoms with van der Waals surface area (Å²) in [4.78, 5) is 16.9. The van der Waals surface area contributed by atoms with Gasteiger partial charge >= 0.3 is 0 Å². The number of nitrogens with zero attached hydrogens (tertiary/aromatic N) is 1. The van der Waals surface area contributed by atoms with Crippen LogP contribution in [-0.2, 0) is 9.53 Å². The molecule has 4 nitrogen and oxygen atoms in total. The van der Waals surface area contributed by atoms with Crippen LogP contribution in [0.4, 0.5) is 0 Å². The van der Waals surface area contributed by atoms with Crippen LogP contribution >= 0.6 is 0 Å². The highest BCUT2D eigenvalue weighted by molar-refractivity contribution is 5.81. The molecule has 0 saturated heterocycles. The van der Waals surface area contributed by atoms with Crippen LogP contribution in [0.2, 0.25) is 0 Å². The van der Waals surface area contributed by atoms with E-state index in [1.165, 1.54) is 24.0 Å². The van der Waals surface area contributed by atoms with Crippen molar-refractivity contribution < 1.29 is 9.53 Å². The van der Waals surface area contributed by atoms with Crippen molar-refractivity contribution in [2.75, 3.05) is 6.61 Å². The van der Waals surface area contributed by atoms with Crippen molar-refractivity contribution in [3.8, 4) is 0 Å². The van der Waals surface area contributed by atoms with Crippen molar-refractivity contribution >= 4 is 5.91 Å². The predicted octanol–water partition coefficient (Wildman–Crippen LogP) is 3.72. The van der Waals surface area contributed by atoms with Crippen LogP contribution in [0.5, 0.6) is 0 Å². The average Bonchev–Trinajstić information content (AvgIpc) is 3.41. The number of hydrogen-bond acceptors (Lipinski definition) is 3. The van der Waals surface area contributed by atoms with E-state index in [2.05, 4.69) is 42.3 Å². The third kappa shape index (κ3) is 4.89. The number of ether oxygens (including phenoxy) is 1. The second-order valence-electron chi connectivity index (χ2n) is 7.07. The van der Waals surface area contributed by atoms with Gasteiger partial charge in [-0.2, -0.15) is 0 Å². The topological polar surface area (TPSA) is 51.2 Å². The van der Waals surface area contributed by atoms with Crippen molar-refractivity contribution in [1.29, 1.82) is 0 Å². The fourth-order valence-corrected chi connectivity index (χ4v) is 2.98. The molecule has 132 valence electrons. The molecule has 0 aliphatic heterocycles. The van der Waals surface area contributed by atoms with Gasteiger partial charge in [-0.1, -0.05) is 35.4 Å². The van der Waals surface area contributed by atoms with Crippen LogP contribution in [-0.4, -0.2) is 23.6 Å². The number of rotatable bonds is 7. The van der Waals surface area contributed by atoms with E-state index in [4.69, 9.17) is 4.74 Å². The van der Waals surface area contributed by atoms with Crippen LogP contribution in [0, 0.1) is 19.8 Å². The molecule has 0 spiro atoms. The van der Waals surface area contributed by atoms with Gasteiger partial charge in [0.05, 0.1) is 12.6 Å². The maximum Gasteiger partial charge on any atom is 0.249 e. The van der Waals surface area contributed by atoms with E-state index in [1.807, 2.05) is 19.1 Å². The number of aryl methyl sites for hydroxylation is 2. The number of benzene rings is 1. The van der Waals surface area contributed by atoms with Gasteiger partial charge in [0, 0.05) is 12.4 Å². The summed E-state index contributed by atoms with van der Waals surface area (Å²) in [5, 5.41) is 3.14. The van der Waals surface area contributed by atoms with Gasteiger partial charge in [-0.3, -0.25) is 9.78 Å². The molecule has 1 saturated carbocycles. The minimum atomic E-state index is -0.453. The molecule has 1 heterocycles. The molecule has 1 amide bonds. The standard InChI is InChI=1S/C21H26N2O2/c1-14-9-15(2)11-19(10-14)20(18-5-4-8-22-12-18)23-21(24)16(3)25-13-17-6-7-17/h4-5,8-12,16-17,20H,6-7,13H2,1-3H3,(H,23,24)/t16-,20-/m1/s1. The van der Waals surface area contributed by atoms with E-state index in [-0.39, 0.29) is 11.9 Å². The Kier molecular flexibility index (Phi) is 5.49. The molecular formula is C21H26N2O2. The van der Waals surface area contributed by atoms with Crippen LogP contribution in [0.15, 0.2) is 42.7 Å². The van der Waals surface area contributed by atoms with Crippen molar-refractivity contribution in [2.24, 2.45) is 5.92 Å². The zero-order chi connectivity index (χ0) is 17.8. The fourth-order valence-electron chi connectivity index (χ4n) is 2.98. The largest absolute Gasteiger partial charge is 0.368 e. The molecule has 4 heteroatoms. The van der Waals surface area contributed by atoms with E-state index in [0.29, 0.717) is 12.5 Å². The lowest BCUT2D eigenvalue weighted by molar-refractivity contribution is -0.132. The highest BCUT2D eigenvalue weighted by Gasteiger charge is 2.26. The Balaban J connectivity index is 1.79. The summed E-state index contributed by atoms with van der Waals surface area (Å²) >= 11 is 0. The summed E-state index contributed by atoms with van der Waals surface area (Å²) in [7, 11) is 0. The lowest BCUT2D eigenvalue weighted by Gasteiger charge is -2.23. The fraction of sp³-hybridized carbons (Fsp3) is 0.429. The van der Waals surface area contributed by atoms with Gasteiger partial charge in [0.1, 0.15) is 6.10 Å². The Morgan fingerprint density at radius 2 is 1.96 bits per heavy atom. The van der Waals surface area contributed by atoms with Gasteiger partial charge in [-0.25, -0.2) is 0 Å². The summed E-state index contributed by atoms with van der Waals surface area (Å²) in [6, 6.07) is 10.0. The maximum atomic E-state index is 12.6. The smallest absolute Gasteiger partial charge is 0.249 e. The molecule has 1 aromatic carbocycles. The Bertz CT molecular complexity index is 706. The summed E-state index contributed by atoms with van der Waals surface area (Å²) in [5.41, 5.74) is 4.39. The van der Waals surface area contributed by atoms with E-state index in [0.717, 1.165) is 11.1 Å².